The van der Waals surface area contributed by atoms with Gasteiger partial charge in [-0.05, 0) is 48.7 Å². The molecule has 1 unspecified atom stereocenters. The third-order valence-corrected chi connectivity index (χ3v) is 9.18. The maximum absolute atomic E-state index is 14.4. The average molecular weight is 544 g/mol. The lowest BCUT2D eigenvalue weighted by Gasteiger charge is -2.28. The second-order valence-electron chi connectivity index (χ2n) is 8.59. The SMILES string of the molecule is COc1ccc(S(=O)(=O)N2CCCC2C(=O)N(Cc2ccccc2)c2nc3c(F)cc(F)cc3s2)cc1. The first-order valence-corrected chi connectivity index (χ1v) is 13.8. The van der Waals surface area contributed by atoms with Gasteiger partial charge in [0.25, 0.3) is 0 Å². The van der Waals surface area contributed by atoms with Gasteiger partial charge in [-0.15, -0.1) is 0 Å². The molecule has 2 heterocycles. The van der Waals surface area contributed by atoms with Crippen LogP contribution in [0.2, 0.25) is 0 Å². The number of aromatic nitrogens is 1. The van der Waals surface area contributed by atoms with Gasteiger partial charge in [-0.3, -0.25) is 9.69 Å². The van der Waals surface area contributed by atoms with Crippen molar-refractivity contribution in [2.45, 2.75) is 30.3 Å². The van der Waals surface area contributed by atoms with E-state index in [-0.39, 0.29) is 33.3 Å². The molecule has 11 heteroatoms. The predicted molar refractivity (Wildman–Crippen MR) is 137 cm³/mol. The summed E-state index contributed by atoms with van der Waals surface area (Å²) in [5.41, 5.74) is 0.741. The monoisotopic (exact) mass is 543 g/mol. The largest absolute Gasteiger partial charge is 0.497 e. The van der Waals surface area contributed by atoms with Crippen LogP contribution in [0.5, 0.6) is 5.75 Å². The molecule has 0 bridgehead atoms. The number of carbonyl (C=O) groups is 1. The van der Waals surface area contributed by atoms with Crippen molar-refractivity contribution < 1.29 is 26.7 Å². The van der Waals surface area contributed by atoms with Crippen molar-refractivity contribution in [3.05, 3.63) is 83.9 Å². The highest BCUT2D eigenvalue weighted by Crippen LogP contribution is 2.35. The number of ether oxygens (including phenoxy) is 1. The van der Waals surface area contributed by atoms with Crippen LogP contribution < -0.4 is 9.64 Å². The van der Waals surface area contributed by atoms with Crippen molar-refractivity contribution >= 4 is 42.6 Å². The number of amides is 1. The van der Waals surface area contributed by atoms with Crippen LogP contribution in [0.3, 0.4) is 0 Å². The predicted octanol–water partition coefficient (Wildman–Crippen LogP) is 4.97. The highest BCUT2D eigenvalue weighted by Gasteiger charge is 2.42. The van der Waals surface area contributed by atoms with E-state index in [4.69, 9.17) is 4.74 Å². The van der Waals surface area contributed by atoms with Gasteiger partial charge >= 0.3 is 0 Å². The van der Waals surface area contributed by atoms with Gasteiger partial charge in [0.1, 0.15) is 23.1 Å². The van der Waals surface area contributed by atoms with Crippen LogP contribution in [-0.4, -0.2) is 43.3 Å². The van der Waals surface area contributed by atoms with E-state index in [0.717, 1.165) is 23.0 Å². The molecule has 1 atom stereocenters. The van der Waals surface area contributed by atoms with E-state index in [2.05, 4.69) is 4.98 Å². The molecular formula is C26H23F2N3O4S2. The number of halogens is 2. The van der Waals surface area contributed by atoms with Crippen LogP contribution in [-0.2, 0) is 21.4 Å². The molecule has 0 N–H and O–H groups in total. The van der Waals surface area contributed by atoms with Gasteiger partial charge in [0.05, 0.1) is 23.2 Å². The quantitative estimate of drug-likeness (QED) is 0.329. The van der Waals surface area contributed by atoms with Crippen molar-refractivity contribution in [3.63, 3.8) is 0 Å². The van der Waals surface area contributed by atoms with E-state index in [1.807, 2.05) is 30.3 Å². The van der Waals surface area contributed by atoms with Gasteiger partial charge in [0.2, 0.25) is 15.9 Å². The Hall–Kier alpha value is -3.41. The summed E-state index contributed by atoms with van der Waals surface area (Å²) < 4.78 is 61.8. The molecule has 1 amide bonds. The Bertz CT molecular complexity index is 1540. The fraction of sp³-hybridized carbons (Fsp3) is 0.231. The highest BCUT2D eigenvalue weighted by molar-refractivity contribution is 7.89. The maximum Gasteiger partial charge on any atom is 0.247 e. The van der Waals surface area contributed by atoms with Crippen LogP contribution in [0.1, 0.15) is 18.4 Å². The molecule has 37 heavy (non-hydrogen) atoms. The lowest BCUT2D eigenvalue weighted by molar-refractivity contribution is -0.121. The molecule has 192 valence electrons. The number of hydrogen-bond donors (Lipinski definition) is 0. The first-order valence-electron chi connectivity index (χ1n) is 11.5. The molecule has 0 aliphatic carbocycles. The molecule has 5 rings (SSSR count). The Morgan fingerprint density at radius 2 is 1.86 bits per heavy atom. The van der Waals surface area contributed by atoms with Crippen LogP contribution in [0, 0.1) is 11.6 Å². The summed E-state index contributed by atoms with van der Waals surface area (Å²) >= 11 is 0.981. The Morgan fingerprint density at radius 3 is 2.57 bits per heavy atom. The summed E-state index contributed by atoms with van der Waals surface area (Å²) in [6.45, 7) is 0.278. The third kappa shape index (κ3) is 4.94. The summed E-state index contributed by atoms with van der Waals surface area (Å²) in [6, 6.07) is 16.1. The Labute approximate surface area is 217 Å². The summed E-state index contributed by atoms with van der Waals surface area (Å²) in [6.07, 6.45) is 0.831. The summed E-state index contributed by atoms with van der Waals surface area (Å²) in [5, 5.41) is 0.169. The number of methoxy groups -OCH3 is 1. The number of benzene rings is 3. The minimum absolute atomic E-state index is 0.0404. The molecular weight excluding hydrogens is 520 g/mol. The zero-order valence-electron chi connectivity index (χ0n) is 19.8. The molecule has 4 aromatic rings. The van der Waals surface area contributed by atoms with Gasteiger partial charge in [-0.25, -0.2) is 22.2 Å². The van der Waals surface area contributed by atoms with Gasteiger partial charge in [-0.1, -0.05) is 41.7 Å². The lowest BCUT2D eigenvalue weighted by Crippen LogP contribution is -2.47. The maximum atomic E-state index is 14.4. The molecule has 0 radical (unpaired) electrons. The minimum Gasteiger partial charge on any atom is -0.497 e. The van der Waals surface area contributed by atoms with Crippen LogP contribution in [0.4, 0.5) is 13.9 Å². The average Bonchev–Trinajstić information content (AvgIpc) is 3.56. The number of sulfonamides is 1. The normalized spacial score (nSPS) is 16.2. The van der Waals surface area contributed by atoms with E-state index >= 15 is 0 Å². The second-order valence-corrected chi connectivity index (χ2v) is 11.5. The fourth-order valence-corrected chi connectivity index (χ4v) is 7.06. The number of anilines is 1. The smallest absolute Gasteiger partial charge is 0.247 e. The summed E-state index contributed by atoms with van der Waals surface area (Å²) in [7, 11) is -2.49. The number of thiazole rings is 1. The van der Waals surface area contributed by atoms with Gasteiger partial charge in [-0.2, -0.15) is 4.31 Å². The first kappa shape index (κ1) is 25.2. The van der Waals surface area contributed by atoms with E-state index in [0.29, 0.717) is 18.6 Å². The molecule has 1 aromatic heterocycles. The number of hydrogen-bond acceptors (Lipinski definition) is 6. The molecule has 7 nitrogen and oxygen atoms in total. The van der Waals surface area contributed by atoms with Gasteiger partial charge in [0.15, 0.2) is 10.9 Å². The van der Waals surface area contributed by atoms with Crippen LogP contribution in [0.25, 0.3) is 10.2 Å². The molecule has 3 aromatic carbocycles. The number of nitrogens with zero attached hydrogens (tertiary/aromatic N) is 3. The van der Waals surface area contributed by atoms with Gasteiger partial charge < -0.3 is 4.74 Å². The first-order chi connectivity index (χ1) is 17.8. The van der Waals surface area contributed by atoms with E-state index in [9.17, 15) is 22.0 Å². The van der Waals surface area contributed by atoms with E-state index < -0.39 is 33.6 Å². The number of carbonyl (C=O) groups excluding carboxylic acids is 1. The molecule has 1 fully saturated rings. The molecule has 0 spiro atoms. The summed E-state index contributed by atoms with van der Waals surface area (Å²) in [4.78, 5) is 19.7. The third-order valence-electron chi connectivity index (χ3n) is 6.24. The number of rotatable bonds is 7. The lowest BCUT2D eigenvalue weighted by atomic mass is 10.1. The second kappa shape index (κ2) is 10.2. The fourth-order valence-electron chi connectivity index (χ4n) is 4.40. The topological polar surface area (TPSA) is 79.8 Å². The van der Waals surface area contributed by atoms with E-state index in [1.54, 1.807) is 12.1 Å². The molecule has 1 saturated heterocycles. The van der Waals surface area contributed by atoms with Crippen molar-refractivity contribution in [2.75, 3.05) is 18.6 Å². The van der Waals surface area contributed by atoms with Crippen molar-refractivity contribution in [1.29, 1.82) is 0 Å². The highest BCUT2D eigenvalue weighted by atomic mass is 32.2. The molecule has 0 saturated carbocycles. The van der Waals surface area contributed by atoms with Crippen molar-refractivity contribution in [1.82, 2.24) is 9.29 Å². The molecule has 1 aliphatic rings. The Kier molecular flexibility index (Phi) is 6.93. The number of fused-ring (bicyclic) bond motifs is 1. The minimum atomic E-state index is -3.98. The zero-order valence-corrected chi connectivity index (χ0v) is 21.4. The Balaban J connectivity index is 1.52. The van der Waals surface area contributed by atoms with E-state index in [1.165, 1.54) is 34.5 Å². The van der Waals surface area contributed by atoms with Crippen LogP contribution >= 0.6 is 11.3 Å². The summed E-state index contributed by atoms with van der Waals surface area (Å²) in [5.74, 6) is -1.53. The standard InChI is InChI=1S/C26H23F2N3O4S2/c1-35-19-9-11-20(12-10-19)37(33,34)31-13-5-8-22(31)25(32)30(16-17-6-3-2-4-7-17)26-29-24-21(28)14-18(27)15-23(24)36-26/h2-4,6-7,9-12,14-15,22H,5,8,13,16H2,1H3. The zero-order chi connectivity index (χ0) is 26.2. The van der Waals surface area contributed by atoms with Gasteiger partial charge in [0, 0.05) is 12.6 Å². The van der Waals surface area contributed by atoms with Crippen molar-refractivity contribution in [3.8, 4) is 5.75 Å². The van der Waals surface area contributed by atoms with Crippen molar-refractivity contribution in [2.24, 2.45) is 0 Å². The molecule has 1 aliphatic heterocycles. The Morgan fingerprint density at radius 1 is 1.14 bits per heavy atom. The van der Waals surface area contributed by atoms with Crippen LogP contribution in [0.15, 0.2) is 71.6 Å².